The summed E-state index contributed by atoms with van der Waals surface area (Å²) in [7, 11) is 0. The number of nitrogens with zero attached hydrogens (tertiary/aromatic N) is 1. The first-order chi connectivity index (χ1) is 9.15. The van der Waals surface area contributed by atoms with Gasteiger partial charge < -0.3 is 5.11 Å². The first-order valence-corrected chi connectivity index (χ1v) is 6.47. The second-order valence-electron chi connectivity index (χ2n) is 4.83. The van der Waals surface area contributed by atoms with E-state index in [-0.39, 0.29) is 5.82 Å². The van der Waals surface area contributed by atoms with Gasteiger partial charge in [-0.2, -0.15) is 0 Å². The van der Waals surface area contributed by atoms with Crippen LogP contribution in [0.15, 0.2) is 42.7 Å². The van der Waals surface area contributed by atoms with Crippen molar-refractivity contribution in [1.82, 2.24) is 4.98 Å². The summed E-state index contributed by atoms with van der Waals surface area (Å²) in [6.45, 7) is 1.87. The molecule has 1 unspecified atom stereocenters. The third-order valence-corrected chi connectivity index (χ3v) is 3.25. The highest BCUT2D eigenvalue weighted by Gasteiger charge is 2.08. The van der Waals surface area contributed by atoms with Gasteiger partial charge in [0.1, 0.15) is 5.82 Å². The summed E-state index contributed by atoms with van der Waals surface area (Å²) in [6, 6.07) is 8.59. The molecule has 100 valence electrons. The standard InChI is InChI=1S/C16H18FNO/c1-12-9-15(17)6-5-14(12)10-16(19)7-4-13-3-2-8-18-11-13/h2-3,5-6,8-9,11,16,19H,4,7,10H2,1H3. The van der Waals surface area contributed by atoms with E-state index in [0.29, 0.717) is 12.8 Å². The maximum absolute atomic E-state index is 13.0. The predicted molar refractivity (Wildman–Crippen MR) is 73.4 cm³/mol. The molecule has 0 saturated carbocycles. The van der Waals surface area contributed by atoms with E-state index < -0.39 is 6.10 Å². The van der Waals surface area contributed by atoms with Crippen molar-refractivity contribution in [2.45, 2.75) is 32.3 Å². The summed E-state index contributed by atoms with van der Waals surface area (Å²) >= 11 is 0. The number of pyridine rings is 1. The highest BCUT2D eigenvalue weighted by molar-refractivity contribution is 5.27. The van der Waals surface area contributed by atoms with Crippen molar-refractivity contribution < 1.29 is 9.50 Å². The number of aliphatic hydroxyl groups excluding tert-OH is 1. The van der Waals surface area contributed by atoms with E-state index in [9.17, 15) is 9.50 Å². The third kappa shape index (κ3) is 4.14. The van der Waals surface area contributed by atoms with Crippen LogP contribution in [0, 0.1) is 12.7 Å². The van der Waals surface area contributed by atoms with Gasteiger partial charge in [-0.1, -0.05) is 12.1 Å². The normalized spacial score (nSPS) is 12.4. The Balaban J connectivity index is 1.89. The van der Waals surface area contributed by atoms with Crippen LogP contribution in [0.5, 0.6) is 0 Å². The fraction of sp³-hybridized carbons (Fsp3) is 0.312. The van der Waals surface area contributed by atoms with Crippen LogP contribution in [-0.2, 0) is 12.8 Å². The molecule has 2 aromatic rings. The maximum atomic E-state index is 13.0. The Morgan fingerprint density at radius 2 is 2.16 bits per heavy atom. The molecule has 0 bridgehead atoms. The fourth-order valence-corrected chi connectivity index (χ4v) is 2.12. The SMILES string of the molecule is Cc1cc(F)ccc1CC(O)CCc1cccnc1. The lowest BCUT2D eigenvalue weighted by atomic mass is 9.99. The molecule has 1 atom stereocenters. The molecule has 0 saturated heterocycles. The van der Waals surface area contributed by atoms with Crippen molar-refractivity contribution in [2.24, 2.45) is 0 Å². The number of aromatic nitrogens is 1. The maximum Gasteiger partial charge on any atom is 0.123 e. The Morgan fingerprint density at radius 1 is 1.32 bits per heavy atom. The molecule has 3 heteroatoms. The molecule has 1 aromatic heterocycles. The first kappa shape index (κ1) is 13.7. The zero-order chi connectivity index (χ0) is 13.7. The number of aryl methyl sites for hydroxylation is 2. The number of rotatable bonds is 5. The molecular weight excluding hydrogens is 241 g/mol. The summed E-state index contributed by atoms with van der Waals surface area (Å²) in [4.78, 5) is 4.05. The second kappa shape index (κ2) is 6.43. The Bertz CT molecular complexity index is 528. The zero-order valence-corrected chi connectivity index (χ0v) is 11.0. The summed E-state index contributed by atoms with van der Waals surface area (Å²) in [6.07, 6.45) is 5.19. The molecule has 0 aliphatic carbocycles. The highest BCUT2D eigenvalue weighted by Crippen LogP contribution is 2.14. The van der Waals surface area contributed by atoms with Gasteiger partial charge >= 0.3 is 0 Å². The third-order valence-electron chi connectivity index (χ3n) is 3.25. The van der Waals surface area contributed by atoms with Crippen LogP contribution in [0.1, 0.15) is 23.1 Å². The molecule has 1 N–H and O–H groups in total. The van der Waals surface area contributed by atoms with Gasteiger partial charge in [-0.3, -0.25) is 4.98 Å². The second-order valence-corrected chi connectivity index (χ2v) is 4.83. The smallest absolute Gasteiger partial charge is 0.123 e. The van der Waals surface area contributed by atoms with E-state index in [2.05, 4.69) is 4.98 Å². The summed E-state index contributed by atoms with van der Waals surface area (Å²) in [5.74, 6) is -0.230. The lowest BCUT2D eigenvalue weighted by Crippen LogP contribution is -2.12. The van der Waals surface area contributed by atoms with E-state index in [1.807, 2.05) is 25.3 Å². The molecule has 2 nitrogen and oxygen atoms in total. The van der Waals surface area contributed by atoms with Gasteiger partial charge in [0.2, 0.25) is 0 Å². The molecular formula is C16H18FNO. The summed E-state index contributed by atoms with van der Waals surface area (Å²) in [5, 5.41) is 10.0. The van der Waals surface area contributed by atoms with Crippen LogP contribution in [0.4, 0.5) is 4.39 Å². The topological polar surface area (TPSA) is 33.1 Å². The Hall–Kier alpha value is -1.74. The molecule has 0 radical (unpaired) electrons. The molecule has 19 heavy (non-hydrogen) atoms. The molecule has 0 fully saturated rings. The number of benzene rings is 1. The van der Waals surface area contributed by atoms with Crippen molar-refractivity contribution in [3.8, 4) is 0 Å². The minimum atomic E-state index is -0.413. The molecule has 0 aliphatic heterocycles. The van der Waals surface area contributed by atoms with Crippen molar-refractivity contribution in [3.63, 3.8) is 0 Å². The Kier molecular flexibility index (Phi) is 4.63. The minimum Gasteiger partial charge on any atom is -0.393 e. The Labute approximate surface area is 112 Å². The van der Waals surface area contributed by atoms with Gasteiger partial charge in [0.05, 0.1) is 6.10 Å². The van der Waals surface area contributed by atoms with Gasteiger partial charge in [0, 0.05) is 12.4 Å². The number of aliphatic hydroxyl groups is 1. The predicted octanol–water partition coefficient (Wildman–Crippen LogP) is 3.07. The van der Waals surface area contributed by atoms with Crippen molar-refractivity contribution in [2.75, 3.05) is 0 Å². The van der Waals surface area contributed by atoms with Gasteiger partial charge in [0.15, 0.2) is 0 Å². The van der Waals surface area contributed by atoms with E-state index in [4.69, 9.17) is 0 Å². The highest BCUT2D eigenvalue weighted by atomic mass is 19.1. The van der Waals surface area contributed by atoms with Gasteiger partial charge in [-0.05, 0) is 61.1 Å². The lowest BCUT2D eigenvalue weighted by molar-refractivity contribution is 0.165. The number of hydrogen-bond donors (Lipinski definition) is 1. The first-order valence-electron chi connectivity index (χ1n) is 6.47. The number of halogens is 1. The van der Waals surface area contributed by atoms with Crippen LogP contribution in [0.2, 0.25) is 0 Å². The van der Waals surface area contributed by atoms with E-state index >= 15 is 0 Å². The van der Waals surface area contributed by atoms with Crippen LogP contribution in [0.3, 0.4) is 0 Å². The molecule has 1 aromatic carbocycles. The average Bonchev–Trinajstić information content (AvgIpc) is 2.41. The largest absolute Gasteiger partial charge is 0.393 e. The quantitative estimate of drug-likeness (QED) is 0.895. The van der Waals surface area contributed by atoms with Crippen LogP contribution in [0.25, 0.3) is 0 Å². The van der Waals surface area contributed by atoms with Crippen molar-refractivity contribution in [1.29, 1.82) is 0 Å². The number of hydrogen-bond acceptors (Lipinski definition) is 2. The van der Waals surface area contributed by atoms with Gasteiger partial charge in [0.25, 0.3) is 0 Å². The Morgan fingerprint density at radius 3 is 2.84 bits per heavy atom. The van der Waals surface area contributed by atoms with E-state index in [0.717, 1.165) is 23.1 Å². The van der Waals surface area contributed by atoms with Crippen LogP contribution in [-0.4, -0.2) is 16.2 Å². The fourth-order valence-electron chi connectivity index (χ4n) is 2.12. The van der Waals surface area contributed by atoms with Crippen molar-refractivity contribution >= 4 is 0 Å². The van der Waals surface area contributed by atoms with Gasteiger partial charge in [-0.25, -0.2) is 4.39 Å². The average molecular weight is 259 g/mol. The molecule has 1 heterocycles. The van der Waals surface area contributed by atoms with Crippen LogP contribution >= 0.6 is 0 Å². The summed E-state index contributed by atoms with van der Waals surface area (Å²) in [5.41, 5.74) is 3.01. The van der Waals surface area contributed by atoms with E-state index in [1.54, 1.807) is 12.3 Å². The molecule has 2 rings (SSSR count). The monoisotopic (exact) mass is 259 g/mol. The molecule has 0 amide bonds. The van der Waals surface area contributed by atoms with Crippen LogP contribution < -0.4 is 0 Å². The molecule has 0 aliphatic rings. The molecule has 0 spiro atoms. The minimum absolute atomic E-state index is 0.230. The zero-order valence-electron chi connectivity index (χ0n) is 11.0. The van der Waals surface area contributed by atoms with E-state index in [1.165, 1.54) is 12.1 Å². The van der Waals surface area contributed by atoms with Gasteiger partial charge in [-0.15, -0.1) is 0 Å². The summed E-state index contributed by atoms with van der Waals surface area (Å²) < 4.78 is 13.0. The lowest BCUT2D eigenvalue weighted by Gasteiger charge is -2.12. The van der Waals surface area contributed by atoms with Crippen molar-refractivity contribution in [3.05, 3.63) is 65.2 Å².